The van der Waals surface area contributed by atoms with Crippen LogP contribution >= 0.6 is 0 Å². The van der Waals surface area contributed by atoms with Crippen LogP contribution in [0.25, 0.3) is 0 Å². The van der Waals surface area contributed by atoms with Gasteiger partial charge in [-0.1, -0.05) is 17.7 Å². The minimum absolute atomic E-state index is 0.00569. The molecule has 0 aromatic heterocycles. The van der Waals surface area contributed by atoms with Crippen LogP contribution in [0.4, 0.5) is 0 Å². The van der Waals surface area contributed by atoms with Gasteiger partial charge in [0.2, 0.25) is 0 Å². The third kappa shape index (κ3) is 2.37. The maximum Gasteiger partial charge on any atom is 0.303 e. The van der Waals surface area contributed by atoms with Gasteiger partial charge in [0.1, 0.15) is 6.10 Å². The number of ether oxygens (including phenoxy) is 1. The SMILES string of the molecule is CC(=O)O[C@@H]1C(C=C(C)C)=CC2CCC1C2. The highest BCUT2D eigenvalue weighted by atomic mass is 16.5. The van der Waals surface area contributed by atoms with Crippen molar-refractivity contribution in [1.82, 2.24) is 0 Å². The molecule has 0 spiro atoms. The van der Waals surface area contributed by atoms with Crippen molar-refractivity contribution >= 4 is 5.97 Å². The number of esters is 1. The van der Waals surface area contributed by atoms with E-state index in [1.165, 1.54) is 37.3 Å². The van der Waals surface area contributed by atoms with Crippen LogP contribution in [0, 0.1) is 11.8 Å². The van der Waals surface area contributed by atoms with Gasteiger partial charge in [0.05, 0.1) is 0 Å². The Hall–Kier alpha value is -1.05. The zero-order valence-electron chi connectivity index (χ0n) is 10.3. The summed E-state index contributed by atoms with van der Waals surface area (Å²) in [4.78, 5) is 11.1. The molecular formula is C14H20O2. The monoisotopic (exact) mass is 220 g/mol. The van der Waals surface area contributed by atoms with Crippen LogP contribution in [0.2, 0.25) is 0 Å². The van der Waals surface area contributed by atoms with Gasteiger partial charge in [0, 0.05) is 12.8 Å². The van der Waals surface area contributed by atoms with Crippen molar-refractivity contribution in [2.24, 2.45) is 11.8 Å². The van der Waals surface area contributed by atoms with Gasteiger partial charge < -0.3 is 4.74 Å². The van der Waals surface area contributed by atoms with Crippen LogP contribution in [-0.2, 0) is 9.53 Å². The molecule has 2 unspecified atom stereocenters. The number of hydrogen-bond acceptors (Lipinski definition) is 2. The highest BCUT2D eigenvalue weighted by Gasteiger charge is 2.37. The van der Waals surface area contributed by atoms with E-state index < -0.39 is 0 Å². The number of hydrogen-bond donors (Lipinski definition) is 0. The second-order valence-corrected chi connectivity index (χ2v) is 5.25. The Morgan fingerprint density at radius 2 is 2.12 bits per heavy atom. The van der Waals surface area contributed by atoms with E-state index in [1.54, 1.807) is 0 Å². The zero-order valence-corrected chi connectivity index (χ0v) is 10.3. The van der Waals surface area contributed by atoms with Crippen LogP contribution in [-0.4, -0.2) is 12.1 Å². The van der Waals surface area contributed by atoms with Gasteiger partial charge in [-0.05, 0) is 44.6 Å². The Bertz CT molecular complexity index is 348. The first-order valence-electron chi connectivity index (χ1n) is 6.10. The van der Waals surface area contributed by atoms with Gasteiger partial charge in [0.15, 0.2) is 0 Å². The lowest BCUT2D eigenvalue weighted by atomic mass is 9.86. The van der Waals surface area contributed by atoms with Crippen LogP contribution in [0.5, 0.6) is 0 Å². The predicted molar refractivity (Wildman–Crippen MR) is 63.9 cm³/mol. The minimum Gasteiger partial charge on any atom is -0.457 e. The first-order valence-corrected chi connectivity index (χ1v) is 6.10. The molecule has 2 rings (SSSR count). The Morgan fingerprint density at radius 3 is 2.75 bits per heavy atom. The lowest BCUT2D eigenvalue weighted by molar-refractivity contribution is -0.146. The largest absolute Gasteiger partial charge is 0.457 e. The first kappa shape index (κ1) is 11.4. The molecule has 0 N–H and O–H groups in total. The molecule has 88 valence electrons. The van der Waals surface area contributed by atoms with E-state index in [2.05, 4.69) is 26.0 Å². The van der Waals surface area contributed by atoms with Crippen molar-refractivity contribution in [2.75, 3.05) is 0 Å². The van der Waals surface area contributed by atoms with Gasteiger partial charge in [-0.2, -0.15) is 0 Å². The van der Waals surface area contributed by atoms with Gasteiger partial charge in [-0.25, -0.2) is 0 Å². The summed E-state index contributed by atoms with van der Waals surface area (Å²) >= 11 is 0. The molecule has 0 aliphatic heterocycles. The molecule has 16 heavy (non-hydrogen) atoms. The second kappa shape index (κ2) is 4.44. The van der Waals surface area contributed by atoms with E-state index in [1.807, 2.05) is 0 Å². The summed E-state index contributed by atoms with van der Waals surface area (Å²) < 4.78 is 5.48. The number of rotatable bonds is 2. The summed E-state index contributed by atoms with van der Waals surface area (Å²) in [5.41, 5.74) is 2.48. The van der Waals surface area contributed by atoms with Crippen LogP contribution in [0.1, 0.15) is 40.0 Å². The van der Waals surface area contributed by atoms with E-state index >= 15 is 0 Å². The quantitative estimate of drug-likeness (QED) is 0.668. The fourth-order valence-corrected chi connectivity index (χ4v) is 2.92. The topological polar surface area (TPSA) is 26.3 Å². The molecule has 2 heteroatoms. The van der Waals surface area contributed by atoms with Crippen molar-refractivity contribution in [3.05, 3.63) is 23.3 Å². The summed E-state index contributed by atoms with van der Waals surface area (Å²) in [5, 5.41) is 0. The number of fused-ring (bicyclic) bond motifs is 2. The van der Waals surface area contributed by atoms with E-state index in [-0.39, 0.29) is 12.1 Å². The Morgan fingerprint density at radius 1 is 1.38 bits per heavy atom. The number of allylic oxidation sites excluding steroid dienone is 2. The highest BCUT2D eigenvalue weighted by Crippen LogP contribution is 2.43. The molecule has 3 atom stereocenters. The third-order valence-electron chi connectivity index (χ3n) is 3.45. The smallest absolute Gasteiger partial charge is 0.303 e. The predicted octanol–water partition coefficient (Wildman–Crippen LogP) is 3.24. The van der Waals surface area contributed by atoms with Crippen LogP contribution in [0.3, 0.4) is 0 Å². The van der Waals surface area contributed by atoms with E-state index in [0.717, 1.165) is 0 Å². The highest BCUT2D eigenvalue weighted by molar-refractivity contribution is 5.66. The molecule has 0 amide bonds. The van der Waals surface area contributed by atoms with Crippen molar-refractivity contribution in [2.45, 2.75) is 46.1 Å². The van der Waals surface area contributed by atoms with Gasteiger partial charge >= 0.3 is 5.97 Å². The number of carbonyl (C=O) groups excluding carboxylic acids is 1. The third-order valence-corrected chi connectivity index (χ3v) is 3.45. The summed E-state index contributed by atoms with van der Waals surface area (Å²) in [6, 6.07) is 0. The Labute approximate surface area is 97.4 Å². The minimum atomic E-state index is -0.164. The van der Waals surface area contributed by atoms with Crippen molar-refractivity contribution in [3.63, 3.8) is 0 Å². The summed E-state index contributed by atoms with van der Waals surface area (Å²) in [6.07, 6.45) is 8.12. The van der Waals surface area contributed by atoms with Crippen molar-refractivity contribution < 1.29 is 9.53 Å². The summed E-state index contributed by atoms with van der Waals surface area (Å²) in [5.74, 6) is 1.09. The van der Waals surface area contributed by atoms with Crippen LogP contribution < -0.4 is 0 Å². The lowest BCUT2D eigenvalue weighted by Gasteiger charge is -2.28. The van der Waals surface area contributed by atoms with E-state index in [4.69, 9.17) is 4.74 Å². The first-order chi connectivity index (χ1) is 7.56. The maximum absolute atomic E-state index is 11.1. The molecule has 1 fully saturated rings. The molecule has 0 saturated heterocycles. The van der Waals surface area contributed by atoms with Crippen LogP contribution in [0.15, 0.2) is 23.3 Å². The molecule has 2 nitrogen and oxygen atoms in total. The average molecular weight is 220 g/mol. The summed E-state index contributed by atoms with van der Waals surface area (Å²) in [7, 11) is 0. The van der Waals surface area contributed by atoms with Gasteiger partial charge in [-0.3, -0.25) is 4.79 Å². The Balaban J connectivity index is 2.23. The molecule has 2 aliphatic rings. The van der Waals surface area contributed by atoms with Crippen molar-refractivity contribution in [3.8, 4) is 0 Å². The fourth-order valence-electron chi connectivity index (χ4n) is 2.92. The zero-order chi connectivity index (χ0) is 11.7. The van der Waals surface area contributed by atoms with Gasteiger partial charge in [0.25, 0.3) is 0 Å². The van der Waals surface area contributed by atoms with Crippen molar-refractivity contribution in [1.29, 1.82) is 0 Å². The Kier molecular flexibility index (Phi) is 3.17. The molecule has 2 bridgehead atoms. The molecule has 0 aromatic rings. The lowest BCUT2D eigenvalue weighted by Crippen LogP contribution is -2.28. The standard InChI is InChI=1S/C14H20O2/c1-9(2)6-13-8-11-4-5-12(7-11)14(13)16-10(3)15/h6,8,11-12,14H,4-5,7H2,1-3H3/t11?,12?,14-/m0/s1. The maximum atomic E-state index is 11.1. The molecule has 0 radical (unpaired) electrons. The average Bonchev–Trinajstić information content (AvgIpc) is 2.55. The number of carbonyl (C=O) groups is 1. The molecular weight excluding hydrogens is 200 g/mol. The molecule has 1 saturated carbocycles. The molecule has 2 aliphatic carbocycles. The fraction of sp³-hybridized carbons (Fsp3) is 0.643. The normalized spacial score (nSPS) is 31.9. The molecule has 0 heterocycles. The van der Waals surface area contributed by atoms with E-state index in [0.29, 0.717) is 11.8 Å². The summed E-state index contributed by atoms with van der Waals surface area (Å²) in [6.45, 7) is 5.67. The molecule has 0 aromatic carbocycles. The van der Waals surface area contributed by atoms with E-state index in [9.17, 15) is 4.79 Å². The van der Waals surface area contributed by atoms with Gasteiger partial charge in [-0.15, -0.1) is 0 Å². The second-order valence-electron chi connectivity index (χ2n) is 5.25.